The van der Waals surface area contributed by atoms with E-state index in [2.05, 4.69) is 45.2 Å². The summed E-state index contributed by atoms with van der Waals surface area (Å²) < 4.78 is 35.7. The van der Waals surface area contributed by atoms with Crippen molar-refractivity contribution < 1.29 is 38.0 Å². The summed E-state index contributed by atoms with van der Waals surface area (Å²) in [5.41, 5.74) is 2.38. The van der Waals surface area contributed by atoms with Gasteiger partial charge in [-0.1, -0.05) is 12.1 Å². The Hall–Kier alpha value is -2.68. The Balaban J connectivity index is 2.01. The van der Waals surface area contributed by atoms with Crippen LogP contribution in [0.25, 0.3) is 32.7 Å². The zero-order valence-electron chi connectivity index (χ0n) is 23.9. The third-order valence-electron chi connectivity index (χ3n) is 6.36. The largest absolute Gasteiger partial charge is 0.466 e. The van der Waals surface area contributed by atoms with Gasteiger partial charge in [-0.3, -0.25) is 0 Å². The van der Waals surface area contributed by atoms with Crippen molar-refractivity contribution in [3.8, 4) is 22.6 Å². The Labute approximate surface area is 272 Å². The highest BCUT2D eigenvalue weighted by Gasteiger charge is 2.23. The lowest BCUT2D eigenvalue weighted by atomic mass is 9.95. The molecule has 0 amide bonds. The van der Waals surface area contributed by atoms with Gasteiger partial charge in [0, 0.05) is 24.3 Å². The Kier molecular flexibility index (Phi) is 11.6. The second-order valence-electron chi connectivity index (χ2n) is 8.96. The molecule has 0 heterocycles. The van der Waals surface area contributed by atoms with Crippen LogP contribution in [-0.2, 0) is 18.9 Å². The average molecular weight is 798 g/mol. The number of hydrogen-bond donors (Lipinski definition) is 0. The van der Waals surface area contributed by atoms with Crippen LogP contribution in [-0.4, -0.2) is 52.0 Å². The van der Waals surface area contributed by atoms with Crippen LogP contribution in [0.2, 0.25) is 0 Å². The SMILES string of the molecule is CCOCOc1c(-c2cc3cc(C(=O)OCC)ccc3c(I)c2OCOCC)cc2cc(C(=O)OCC)ccc2c1I. The first-order valence-corrected chi connectivity index (χ1v) is 15.8. The molecule has 42 heavy (non-hydrogen) atoms. The number of fused-ring (bicyclic) bond motifs is 2. The molecular weight excluding hydrogens is 766 g/mol. The molecule has 0 unspecified atom stereocenters. The minimum Gasteiger partial charge on any atom is -0.466 e. The Morgan fingerprint density at radius 1 is 0.595 bits per heavy atom. The van der Waals surface area contributed by atoms with Crippen molar-refractivity contribution in [1.82, 2.24) is 0 Å². The van der Waals surface area contributed by atoms with Gasteiger partial charge in [0.1, 0.15) is 11.5 Å². The number of carbonyl (C=O) groups is 2. The fourth-order valence-electron chi connectivity index (χ4n) is 4.42. The van der Waals surface area contributed by atoms with Crippen LogP contribution in [0.5, 0.6) is 11.5 Å². The molecule has 0 saturated carbocycles. The summed E-state index contributed by atoms with van der Waals surface area (Å²) in [4.78, 5) is 25.1. The molecule has 0 N–H and O–H groups in total. The zero-order chi connectivity index (χ0) is 30.2. The highest BCUT2D eigenvalue weighted by molar-refractivity contribution is 14.1. The lowest BCUT2D eigenvalue weighted by Crippen LogP contribution is -2.08. The summed E-state index contributed by atoms with van der Waals surface area (Å²) in [6, 6.07) is 14.9. The minimum atomic E-state index is -0.389. The number of esters is 2. The molecule has 4 rings (SSSR count). The molecule has 0 aromatic heterocycles. The molecule has 4 aromatic rings. The van der Waals surface area contributed by atoms with Gasteiger partial charge in [0.2, 0.25) is 0 Å². The fourth-order valence-corrected chi connectivity index (χ4v) is 6.30. The van der Waals surface area contributed by atoms with E-state index >= 15 is 0 Å². The van der Waals surface area contributed by atoms with Crippen molar-refractivity contribution in [3.63, 3.8) is 0 Å². The van der Waals surface area contributed by atoms with Crippen molar-refractivity contribution in [3.05, 3.63) is 66.8 Å². The third kappa shape index (κ3) is 7.09. The number of hydrogen-bond acceptors (Lipinski definition) is 8. The van der Waals surface area contributed by atoms with Crippen LogP contribution in [0.15, 0.2) is 48.5 Å². The smallest absolute Gasteiger partial charge is 0.338 e. The molecule has 0 aliphatic rings. The Bertz CT molecular complexity index is 1480. The average Bonchev–Trinajstić information content (AvgIpc) is 2.99. The predicted molar refractivity (Wildman–Crippen MR) is 178 cm³/mol. The highest BCUT2D eigenvalue weighted by atomic mass is 127. The Morgan fingerprint density at radius 3 is 1.36 bits per heavy atom. The van der Waals surface area contributed by atoms with Crippen LogP contribution in [0.4, 0.5) is 0 Å². The van der Waals surface area contributed by atoms with E-state index in [0.29, 0.717) is 35.8 Å². The van der Waals surface area contributed by atoms with Crippen LogP contribution in [0.3, 0.4) is 0 Å². The van der Waals surface area contributed by atoms with Gasteiger partial charge in [-0.25, -0.2) is 9.59 Å². The van der Waals surface area contributed by atoms with E-state index in [1.807, 2.05) is 50.2 Å². The molecule has 0 saturated heterocycles. The van der Waals surface area contributed by atoms with E-state index in [0.717, 1.165) is 39.8 Å². The molecule has 8 nitrogen and oxygen atoms in total. The van der Waals surface area contributed by atoms with Crippen LogP contribution < -0.4 is 9.47 Å². The van der Waals surface area contributed by atoms with Gasteiger partial charge in [-0.05, 0) is 131 Å². The molecule has 0 atom stereocenters. The summed E-state index contributed by atoms with van der Waals surface area (Å²) in [7, 11) is 0. The van der Waals surface area contributed by atoms with Gasteiger partial charge in [-0.15, -0.1) is 0 Å². The van der Waals surface area contributed by atoms with Crippen molar-refractivity contribution in [2.75, 3.05) is 40.0 Å². The van der Waals surface area contributed by atoms with Crippen molar-refractivity contribution >= 4 is 78.7 Å². The number of ether oxygens (including phenoxy) is 6. The lowest BCUT2D eigenvalue weighted by molar-refractivity contribution is 0.0210. The minimum absolute atomic E-state index is 0.0543. The van der Waals surface area contributed by atoms with Crippen LogP contribution >= 0.6 is 45.2 Å². The zero-order valence-corrected chi connectivity index (χ0v) is 28.2. The fraction of sp³-hybridized carbons (Fsp3) is 0.312. The highest BCUT2D eigenvalue weighted by Crippen LogP contribution is 2.46. The monoisotopic (exact) mass is 798 g/mol. The molecule has 10 heteroatoms. The first-order chi connectivity index (χ1) is 20.3. The van der Waals surface area contributed by atoms with Gasteiger partial charge in [-0.2, -0.15) is 0 Å². The number of carbonyl (C=O) groups excluding carboxylic acids is 2. The molecule has 0 spiro atoms. The summed E-state index contributed by atoms with van der Waals surface area (Å²) in [6.07, 6.45) is 0. The second-order valence-corrected chi connectivity index (χ2v) is 11.1. The molecule has 4 aromatic carbocycles. The van der Waals surface area contributed by atoms with E-state index in [1.165, 1.54) is 0 Å². The molecular formula is C32H32I2O8. The summed E-state index contributed by atoms with van der Waals surface area (Å²) in [6.45, 7) is 9.03. The van der Waals surface area contributed by atoms with Gasteiger partial charge in [0.15, 0.2) is 13.6 Å². The van der Waals surface area contributed by atoms with Gasteiger partial charge < -0.3 is 28.4 Å². The van der Waals surface area contributed by atoms with E-state index < -0.39 is 0 Å². The standard InChI is InChI=1S/C32H32I2O8/c1-5-37-17-41-29-25(15-21-13-19(31(35)39-7-3)9-11-23(21)27(29)33)26-16-22-14-20(32(36)40-8-4)10-12-24(22)28(34)30(26)42-18-38-6-2/h9-16H,5-8,17-18H2,1-4H3. The molecule has 0 aliphatic carbocycles. The van der Waals surface area contributed by atoms with Crippen molar-refractivity contribution in [2.45, 2.75) is 27.7 Å². The van der Waals surface area contributed by atoms with Crippen LogP contribution in [0.1, 0.15) is 48.4 Å². The van der Waals surface area contributed by atoms with E-state index in [-0.39, 0.29) is 38.7 Å². The third-order valence-corrected chi connectivity index (χ3v) is 8.50. The maximum Gasteiger partial charge on any atom is 0.338 e. The van der Waals surface area contributed by atoms with Gasteiger partial charge in [0.25, 0.3) is 0 Å². The van der Waals surface area contributed by atoms with Crippen LogP contribution in [0, 0.1) is 7.14 Å². The quantitative estimate of drug-likeness (QED) is 0.0583. The molecule has 222 valence electrons. The molecule has 0 fully saturated rings. The topological polar surface area (TPSA) is 89.5 Å². The lowest BCUT2D eigenvalue weighted by Gasteiger charge is -2.20. The predicted octanol–water partition coefficient (Wildman–Crippen LogP) is 7.97. The van der Waals surface area contributed by atoms with Gasteiger partial charge in [0.05, 0.1) is 31.5 Å². The van der Waals surface area contributed by atoms with E-state index in [1.54, 1.807) is 26.0 Å². The van der Waals surface area contributed by atoms with E-state index in [9.17, 15) is 9.59 Å². The maximum absolute atomic E-state index is 12.6. The number of rotatable bonds is 13. The Morgan fingerprint density at radius 2 is 1.00 bits per heavy atom. The molecule has 0 radical (unpaired) electrons. The van der Waals surface area contributed by atoms with E-state index in [4.69, 9.17) is 28.4 Å². The van der Waals surface area contributed by atoms with Gasteiger partial charge >= 0.3 is 11.9 Å². The molecule has 0 bridgehead atoms. The van der Waals surface area contributed by atoms with Crippen molar-refractivity contribution in [1.29, 1.82) is 0 Å². The molecule has 0 aliphatic heterocycles. The first-order valence-electron chi connectivity index (χ1n) is 13.6. The normalized spacial score (nSPS) is 11.1. The van der Waals surface area contributed by atoms with Crippen molar-refractivity contribution in [2.24, 2.45) is 0 Å². The summed E-state index contributed by atoms with van der Waals surface area (Å²) in [5.74, 6) is 0.442. The summed E-state index contributed by atoms with van der Waals surface area (Å²) in [5, 5.41) is 3.48. The maximum atomic E-state index is 12.6. The first kappa shape index (κ1) is 32.2. The summed E-state index contributed by atoms with van der Waals surface area (Å²) >= 11 is 4.52. The second kappa shape index (κ2) is 15.2. The number of benzene rings is 4. The number of halogens is 2.